The number of aromatic nitrogens is 2. The molecule has 1 aromatic heterocycles. The molecule has 0 spiro atoms. The topological polar surface area (TPSA) is 113 Å². The average Bonchev–Trinajstić information content (AvgIpc) is 3.52. The van der Waals surface area contributed by atoms with Crippen molar-refractivity contribution in [2.24, 2.45) is 11.3 Å². The van der Waals surface area contributed by atoms with Crippen molar-refractivity contribution < 1.29 is 33.3 Å². The van der Waals surface area contributed by atoms with Crippen molar-refractivity contribution in [3.63, 3.8) is 0 Å². The van der Waals surface area contributed by atoms with Crippen LogP contribution in [0.15, 0.2) is 71.9 Å². The van der Waals surface area contributed by atoms with E-state index in [4.69, 9.17) is 28.7 Å². The van der Waals surface area contributed by atoms with Gasteiger partial charge in [0, 0.05) is 38.0 Å². The van der Waals surface area contributed by atoms with E-state index in [0.29, 0.717) is 55.8 Å². The van der Waals surface area contributed by atoms with Crippen LogP contribution in [0.1, 0.15) is 61.6 Å². The summed E-state index contributed by atoms with van der Waals surface area (Å²) in [5.74, 6) is 2.82. The number of likely N-dealkylation sites (tertiary alicyclic amines) is 1. The zero-order valence-electron chi connectivity index (χ0n) is 30.3. The normalized spacial score (nSPS) is 19.2. The highest BCUT2D eigenvalue weighted by Crippen LogP contribution is 2.39. The second-order valence-electron chi connectivity index (χ2n) is 13.2. The van der Waals surface area contributed by atoms with Gasteiger partial charge in [-0.3, -0.25) is 9.59 Å². The van der Waals surface area contributed by atoms with Gasteiger partial charge in [-0.1, -0.05) is 24.3 Å². The first-order valence-electron chi connectivity index (χ1n) is 17.5. The van der Waals surface area contributed by atoms with Gasteiger partial charge in [-0.2, -0.15) is 0 Å². The summed E-state index contributed by atoms with van der Waals surface area (Å²) < 4.78 is 29.8. The van der Waals surface area contributed by atoms with Crippen molar-refractivity contribution in [1.82, 2.24) is 19.8 Å². The Morgan fingerprint density at radius 2 is 1.76 bits per heavy atom. The van der Waals surface area contributed by atoms with Crippen LogP contribution in [-0.4, -0.2) is 94.0 Å². The number of para-hydroxylation sites is 2. The number of allylic oxidation sites excluding steroid dienone is 1. The number of piperidine rings is 1. The lowest BCUT2D eigenvalue weighted by molar-refractivity contribution is -0.128. The van der Waals surface area contributed by atoms with Crippen molar-refractivity contribution in [3.05, 3.63) is 83.3 Å². The first-order valence-corrected chi connectivity index (χ1v) is 17.5. The van der Waals surface area contributed by atoms with Gasteiger partial charge in [0.05, 0.1) is 51.5 Å². The number of hydrogen-bond acceptors (Lipinski definition) is 9. The van der Waals surface area contributed by atoms with Gasteiger partial charge in [0.15, 0.2) is 17.3 Å². The molecule has 11 heteroatoms. The minimum atomic E-state index is -0.879. The lowest BCUT2D eigenvalue weighted by Crippen LogP contribution is -2.42. The zero-order chi connectivity index (χ0) is 35.7. The zero-order valence-corrected chi connectivity index (χ0v) is 30.3. The number of carbonyl (C=O) groups excluding carboxylic acids is 2. The van der Waals surface area contributed by atoms with Gasteiger partial charge in [-0.25, -0.2) is 4.98 Å². The Kier molecular flexibility index (Phi) is 12.6. The molecule has 270 valence electrons. The summed E-state index contributed by atoms with van der Waals surface area (Å²) in [6, 6.07) is 16.0. The number of rotatable bonds is 17. The van der Waals surface area contributed by atoms with E-state index in [-0.39, 0.29) is 23.5 Å². The molecule has 1 saturated heterocycles. The number of carbonyl (C=O) groups is 2. The quantitative estimate of drug-likeness (QED) is 0.141. The van der Waals surface area contributed by atoms with Gasteiger partial charge < -0.3 is 38.5 Å². The van der Waals surface area contributed by atoms with Crippen LogP contribution in [0, 0.1) is 11.3 Å². The third-order valence-electron chi connectivity index (χ3n) is 10.0. The number of Topliss-reactive ketones (excluding diaryl/α,β-unsaturated/α-hetero) is 1. The maximum Gasteiger partial charge on any atom is 0.230 e. The van der Waals surface area contributed by atoms with Crippen molar-refractivity contribution in [3.8, 4) is 5.75 Å². The van der Waals surface area contributed by atoms with E-state index in [2.05, 4.69) is 16.3 Å². The maximum absolute atomic E-state index is 13.8. The molecule has 2 atom stereocenters. The lowest BCUT2D eigenvalue weighted by atomic mass is 9.80. The van der Waals surface area contributed by atoms with Gasteiger partial charge in [0.2, 0.25) is 11.7 Å². The van der Waals surface area contributed by atoms with E-state index < -0.39 is 5.41 Å². The molecule has 2 unspecified atom stereocenters. The SMILES string of the molecule is CCOCCn1c(C(=O)C2CCN(CCC(CNC(=O)C3(C)C=C(OC)C(OC)=C(OC)C3)c3cccc(OC)c3)CC2)nc2ccccc21. The van der Waals surface area contributed by atoms with Gasteiger partial charge in [0.25, 0.3) is 0 Å². The summed E-state index contributed by atoms with van der Waals surface area (Å²) in [5, 5.41) is 3.23. The van der Waals surface area contributed by atoms with E-state index >= 15 is 0 Å². The number of methoxy groups -OCH3 is 4. The highest BCUT2D eigenvalue weighted by atomic mass is 16.5. The minimum absolute atomic E-state index is 0.0451. The molecule has 1 fully saturated rings. The number of benzene rings is 2. The minimum Gasteiger partial charge on any atom is -0.497 e. The second kappa shape index (κ2) is 17.0. The highest BCUT2D eigenvalue weighted by molar-refractivity contribution is 5.98. The van der Waals surface area contributed by atoms with E-state index in [0.717, 1.165) is 61.2 Å². The molecule has 3 aromatic rings. The molecule has 1 N–H and O–H groups in total. The van der Waals surface area contributed by atoms with Gasteiger partial charge >= 0.3 is 0 Å². The molecule has 11 nitrogen and oxygen atoms in total. The van der Waals surface area contributed by atoms with Crippen LogP contribution >= 0.6 is 0 Å². The molecule has 1 amide bonds. The van der Waals surface area contributed by atoms with E-state index in [1.807, 2.05) is 67.0 Å². The third kappa shape index (κ3) is 8.33. The summed E-state index contributed by atoms with van der Waals surface area (Å²) in [5.41, 5.74) is 2.02. The molecular weight excluding hydrogens is 636 g/mol. The summed E-state index contributed by atoms with van der Waals surface area (Å²) >= 11 is 0. The van der Waals surface area contributed by atoms with Crippen LogP contribution in [0.3, 0.4) is 0 Å². The largest absolute Gasteiger partial charge is 0.497 e. The standard InChI is InChI=1S/C39H52N4O7/c1-7-50-22-21-43-32-14-9-8-13-31(32)41-37(43)35(44)27-15-18-42(19-16-27)20-17-29(28-11-10-12-30(23-28)46-3)26-40-38(45)39(2)24-33(47-4)36(49-6)34(25-39)48-5/h8-14,23-24,27,29H,7,15-22,25-26H2,1-6H3,(H,40,45). The molecule has 1 aliphatic heterocycles. The van der Waals surface area contributed by atoms with Crippen LogP contribution in [0.5, 0.6) is 5.75 Å². The van der Waals surface area contributed by atoms with Crippen molar-refractivity contribution in [2.75, 3.05) is 67.8 Å². The molecule has 50 heavy (non-hydrogen) atoms. The Morgan fingerprint density at radius 1 is 0.980 bits per heavy atom. The smallest absolute Gasteiger partial charge is 0.230 e. The second-order valence-corrected chi connectivity index (χ2v) is 13.2. The molecule has 5 rings (SSSR count). The van der Waals surface area contributed by atoms with Crippen LogP contribution in [0.25, 0.3) is 11.0 Å². The molecular formula is C39H52N4O7. The number of ether oxygens (including phenoxy) is 5. The van der Waals surface area contributed by atoms with Gasteiger partial charge in [0.1, 0.15) is 11.5 Å². The van der Waals surface area contributed by atoms with Gasteiger partial charge in [-0.15, -0.1) is 0 Å². The van der Waals surface area contributed by atoms with Crippen LogP contribution in [0.4, 0.5) is 0 Å². The van der Waals surface area contributed by atoms with Crippen LogP contribution in [0.2, 0.25) is 0 Å². The van der Waals surface area contributed by atoms with E-state index in [1.165, 1.54) is 0 Å². The summed E-state index contributed by atoms with van der Waals surface area (Å²) in [7, 11) is 6.35. The predicted molar refractivity (Wildman–Crippen MR) is 192 cm³/mol. The molecule has 0 radical (unpaired) electrons. The Hall–Kier alpha value is -4.35. The molecule has 2 aliphatic rings. The van der Waals surface area contributed by atoms with Crippen LogP contribution < -0.4 is 10.1 Å². The fourth-order valence-corrected chi connectivity index (χ4v) is 7.06. The third-order valence-corrected chi connectivity index (χ3v) is 10.0. The van der Waals surface area contributed by atoms with Crippen LogP contribution in [-0.2, 0) is 30.3 Å². The predicted octanol–water partition coefficient (Wildman–Crippen LogP) is 5.71. The Morgan fingerprint density at radius 3 is 2.46 bits per heavy atom. The lowest BCUT2D eigenvalue weighted by Gasteiger charge is -2.33. The number of imidazole rings is 1. The van der Waals surface area contributed by atoms with Crippen molar-refractivity contribution in [1.29, 1.82) is 0 Å². The Labute approximate surface area is 295 Å². The van der Waals surface area contributed by atoms with Gasteiger partial charge in [-0.05, 0) is 88.6 Å². The highest BCUT2D eigenvalue weighted by Gasteiger charge is 2.40. The molecule has 2 heterocycles. The summed E-state index contributed by atoms with van der Waals surface area (Å²) in [6.07, 6.45) is 4.54. The first kappa shape index (κ1) is 36.9. The summed E-state index contributed by atoms with van der Waals surface area (Å²) in [6.45, 7) is 8.55. The fraction of sp³-hybridized carbons (Fsp3) is 0.513. The number of nitrogens with one attached hydrogen (secondary N) is 1. The number of fused-ring (bicyclic) bond motifs is 1. The average molecular weight is 689 g/mol. The first-order chi connectivity index (χ1) is 24.2. The molecule has 1 aliphatic carbocycles. The maximum atomic E-state index is 13.8. The molecule has 0 saturated carbocycles. The molecule has 2 aromatic carbocycles. The van der Waals surface area contributed by atoms with E-state index in [9.17, 15) is 9.59 Å². The summed E-state index contributed by atoms with van der Waals surface area (Å²) in [4.78, 5) is 34.8. The Bertz CT molecular complexity index is 1690. The number of hydrogen-bond donors (Lipinski definition) is 1. The Balaban J connectivity index is 1.23. The number of ketones is 1. The monoisotopic (exact) mass is 688 g/mol. The fourth-order valence-electron chi connectivity index (χ4n) is 7.06. The molecule has 0 bridgehead atoms. The number of nitrogens with zero attached hydrogens (tertiary/aromatic N) is 3. The van der Waals surface area contributed by atoms with Crippen molar-refractivity contribution in [2.45, 2.75) is 52.0 Å². The van der Waals surface area contributed by atoms with E-state index in [1.54, 1.807) is 28.4 Å². The van der Waals surface area contributed by atoms with Crippen molar-refractivity contribution >= 4 is 22.7 Å². The number of amides is 1.